The van der Waals surface area contributed by atoms with E-state index >= 15 is 0 Å². The first-order valence-electron chi connectivity index (χ1n) is 6.95. The zero-order valence-corrected chi connectivity index (χ0v) is 13.2. The predicted molar refractivity (Wildman–Crippen MR) is 85.8 cm³/mol. The van der Waals surface area contributed by atoms with Crippen molar-refractivity contribution in [3.63, 3.8) is 0 Å². The van der Waals surface area contributed by atoms with E-state index < -0.39 is 0 Å². The van der Waals surface area contributed by atoms with Gasteiger partial charge >= 0.3 is 0 Å². The van der Waals surface area contributed by atoms with Crippen LogP contribution < -0.4 is 5.32 Å². The fourth-order valence-corrected chi connectivity index (χ4v) is 3.41. The third-order valence-electron chi connectivity index (χ3n) is 3.27. The monoisotopic (exact) mass is 276 g/mol. The van der Waals surface area contributed by atoms with Crippen LogP contribution in [0.4, 0.5) is 0 Å². The number of rotatable bonds is 1. The van der Waals surface area contributed by atoms with Gasteiger partial charge in [0.25, 0.3) is 0 Å². The Morgan fingerprint density at radius 2 is 1.89 bits per heavy atom. The van der Waals surface area contributed by atoms with Crippen LogP contribution in [0.25, 0.3) is 0 Å². The third kappa shape index (κ3) is 4.00. The molecular weight excluding hydrogens is 252 g/mol. The topological polar surface area (TPSA) is 24.4 Å². The number of amidine groups is 1. The van der Waals surface area contributed by atoms with Gasteiger partial charge in [0.15, 0.2) is 5.17 Å². The molecule has 0 bridgehead atoms. The lowest BCUT2D eigenvalue weighted by Gasteiger charge is -2.27. The molecule has 19 heavy (non-hydrogen) atoms. The van der Waals surface area contributed by atoms with Gasteiger partial charge in [0.05, 0.1) is 5.54 Å². The maximum atomic E-state index is 5.03. The molecule has 2 nitrogen and oxygen atoms in total. The van der Waals surface area contributed by atoms with Crippen molar-refractivity contribution < 1.29 is 0 Å². The molecule has 0 aromatic heterocycles. The Bertz CT molecular complexity index is 448. The molecule has 1 heterocycles. The van der Waals surface area contributed by atoms with Crippen molar-refractivity contribution in [3.8, 4) is 0 Å². The molecule has 1 aromatic carbocycles. The van der Waals surface area contributed by atoms with E-state index in [9.17, 15) is 0 Å². The summed E-state index contributed by atoms with van der Waals surface area (Å²) in [7, 11) is 0. The molecule has 1 aliphatic heterocycles. The van der Waals surface area contributed by atoms with Crippen molar-refractivity contribution >= 4 is 16.9 Å². The van der Waals surface area contributed by atoms with Crippen LogP contribution in [-0.2, 0) is 5.54 Å². The van der Waals surface area contributed by atoms with E-state index in [2.05, 4.69) is 63.3 Å². The van der Waals surface area contributed by atoms with Crippen molar-refractivity contribution in [2.75, 3.05) is 5.75 Å². The zero-order valence-electron chi connectivity index (χ0n) is 12.4. The first-order valence-corrected chi connectivity index (χ1v) is 7.94. The average Bonchev–Trinajstić information content (AvgIpc) is 2.51. The molecule has 1 unspecified atom stereocenters. The Hall–Kier alpha value is -0.960. The van der Waals surface area contributed by atoms with Gasteiger partial charge in [-0.15, -0.1) is 0 Å². The van der Waals surface area contributed by atoms with Gasteiger partial charge in [0.2, 0.25) is 0 Å². The Labute approximate surface area is 121 Å². The standard InChI is InChI=1S/C16H24N2S/c1-15(2,3)17-14-18-16(4,11-8-12-19-14)13-9-6-5-7-10-13/h5-7,9-10H,8,11-12H2,1-4H3,(H,17,18). The van der Waals surface area contributed by atoms with Crippen LogP contribution in [0.2, 0.25) is 0 Å². The van der Waals surface area contributed by atoms with Crippen LogP contribution in [0.1, 0.15) is 46.1 Å². The smallest absolute Gasteiger partial charge is 0.157 e. The normalized spacial score (nSPS) is 24.5. The van der Waals surface area contributed by atoms with Gasteiger partial charge in [-0.3, -0.25) is 4.99 Å². The van der Waals surface area contributed by atoms with Gasteiger partial charge in [-0.2, -0.15) is 0 Å². The molecule has 0 amide bonds. The number of benzene rings is 1. The van der Waals surface area contributed by atoms with Gasteiger partial charge in [0.1, 0.15) is 0 Å². The van der Waals surface area contributed by atoms with Crippen LogP contribution in [0.15, 0.2) is 35.3 Å². The highest BCUT2D eigenvalue weighted by Crippen LogP contribution is 2.34. The molecule has 2 rings (SSSR count). The van der Waals surface area contributed by atoms with Crippen LogP contribution in [0, 0.1) is 0 Å². The van der Waals surface area contributed by atoms with Gasteiger partial charge in [-0.05, 0) is 46.1 Å². The Balaban J connectivity index is 2.30. The lowest BCUT2D eigenvalue weighted by atomic mass is 9.88. The summed E-state index contributed by atoms with van der Waals surface area (Å²) in [5, 5.41) is 4.62. The molecule has 0 aliphatic carbocycles. The number of aliphatic imine (C=N–C) groups is 1. The second-order valence-corrected chi connectivity index (χ2v) is 7.47. The molecule has 0 spiro atoms. The molecule has 1 aliphatic rings. The molecule has 0 fully saturated rings. The Kier molecular flexibility index (Phi) is 4.24. The lowest BCUT2D eigenvalue weighted by Crippen LogP contribution is -2.40. The highest BCUT2D eigenvalue weighted by Gasteiger charge is 2.29. The molecule has 0 saturated carbocycles. The van der Waals surface area contributed by atoms with Crippen molar-refractivity contribution in [2.45, 2.75) is 51.6 Å². The summed E-state index contributed by atoms with van der Waals surface area (Å²) in [6, 6.07) is 10.6. The molecular formula is C16H24N2S. The summed E-state index contributed by atoms with van der Waals surface area (Å²) < 4.78 is 0. The van der Waals surface area contributed by atoms with Crippen LogP contribution in [-0.4, -0.2) is 16.5 Å². The number of thioether (sulfide) groups is 1. The van der Waals surface area contributed by atoms with Crippen molar-refractivity contribution in [3.05, 3.63) is 35.9 Å². The highest BCUT2D eigenvalue weighted by molar-refractivity contribution is 8.13. The van der Waals surface area contributed by atoms with Crippen molar-refractivity contribution in [2.24, 2.45) is 4.99 Å². The molecule has 0 radical (unpaired) electrons. The van der Waals surface area contributed by atoms with E-state index in [0.29, 0.717) is 0 Å². The minimum atomic E-state index is -0.0989. The number of hydrogen-bond donors (Lipinski definition) is 1. The number of nitrogens with zero attached hydrogens (tertiary/aromatic N) is 1. The largest absolute Gasteiger partial charge is 0.360 e. The maximum absolute atomic E-state index is 5.03. The summed E-state index contributed by atoms with van der Waals surface area (Å²) in [6.07, 6.45) is 2.31. The summed E-state index contributed by atoms with van der Waals surface area (Å²) in [4.78, 5) is 5.03. The number of hydrogen-bond acceptors (Lipinski definition) is 3. The third-order valence-corrected chi connectivity index (χ3v) is 4.23. The van der Waals surface area contributed by atoms with Crippen molar-refractivity contribution in [1.82, 2.24) is 5.32 Å². The molecule has 1 aromatic rings. The van der Waals surface area contributed by atoms with Crippen molar-refractivity contribution in [1.29, 1.82) is 0 Å². The summed E-state index contributed by atoms with van der Waals surface area (Å²) in [5.74, 6) is 1.14. The number of nitrogens with one attached hydrogen (secondary N) is 1. The van der Waals surface area contributed by atoms with E-state index in [1.165, 1.54) is 12.0 Å². The predicted octanol–water partition coefficient (Wildman–Crippen LogP) is 4.17. The van der Waals surface area contributed by atoms with Gasteiger partial charge in [0, 0.05) is 11.3 Å². The molecule has 1 N–H and O–H groups in total. The minimum absolute atomic E-state index is 0.0633. The van der Waals surface area contributed by atoms with Gasteiger partial charge < -0.3 is 5.32 Å². The highest BCUT2D eigenvalue weighted by atomic mass is 32.2. The average molecular weight is 276 g/mol. The van der Waals surface area contributed by atoms with Gasteiger partial charge in [-0.1, -0.05) is 42.1 Å². The first kappa shape index (κ1) is 14.4. The van der Waals surface area contributed by atoms with Crippen LogP contribution >= 0.6 is 11.8 Å². The van der Waals surface area contributed by atoms with E-state index in [4.69, 9.17) is 4.99 Å². The van der Waals surface area contributed by atoms with E-state index in [1.54, 1.807) is 0 Å². The molecule has 1 atom stereocenters. The molecule has 104 valence electrons. The molecule has 0 saturated heterocycles. The quantitative estimate of drug-likeness (QED) is 0.832. The summed E-state index contributed by atoms with van der Waals surface area (Å²) in [5.41, 5.74) is 1.28. The fourth-order valence-electron chi connectivity index (χ4n) is 2.29. The lowest BCUT2D eigenvalue weighted by molar-refractivity contribution is 0.448. The second kappa shape index (κ2) is 5.58. The Morgan fingerprint density at radius 1 is 1.21 bits per heavy atom. The minimum Gasteiger partial charge on any atom is -0.360 e. The summed E-state index contributed by atoms with van der Waals surface area (Å²) >= 11 is 1.85. The second-order valence-electron chi connectivity index (χ2n) is 6.38. The zero-order chi connectivity index (χ0) is 13.9. The maximum Gasteiger partial charge on any atom is 0.157 e. The van der Waals surface area contributed by atoms with E-state index in [-0.39, 0.29) is 11.1 Å². The SMILES string of the molecule is CC(C)(C)NC1=NC(C)(c2ccccc2)CCCS1. The summed E-state index contributed by atoms with van der Waals surface area (Å²) in [6.45, 7) is 8.79. The van der Waals surface area contributed by atoms with Crippen LogP contribution in [0.3, 0.4) is 0 Å². The fraction of sp³-hybridized carbons (Fsp3) is 0.562. The van der Waals surface area contributed by atoms with Crippen LogP contribution in [0.5, 0.6) is 0 Å². The van der Waals surface area contributed by atoms with E-state index in [0.717, 1.165) is 17.3 Å². The Morgan fingerprint density at radius 3 is 2.53 bits per heavy atom. The van der Waals surface area contributed by atoms with E-state index in [1.807, 2.05) is 11.8 Å². The molecule has 3 heteroatoms. The van der Waals surface area contributed by atoms with Gasteiger partial charge in [-0.25, -0.2) is 0 Å². The first-order chi connectivity index (χ1) is 8.89.